The number of benzene rings is 1. The molecule has 4 saturated carbocycles. The van der Waals surface area contributed by atoms with Crippen LogP contribution in [0.3, 0.4) is 0 Å². The van der Waals surface area contributed by atoms with Gasteiger partial charge >= 0.3 is 6.11 Å². The molecule has 0 spiro atoms. The number of aryl methyl sites for hydroxylation is 1. The summed E-state index contributed by atoms with van der Waals surface area (Å²) in [6.07, 6.45) is 21.1. The van der Waals surface area contributed by atoms with Crippen LogP contribution in [-0.4, -0.2) is 12.2 Å². The fourth-order valence-electron chi connectivity index (χ4n) is 9.77. The molecule has 0 amide bonds. The van der Waals surface area contributed by atoms with Crippen LogP contribution in [0.25, 0.3) is 0 Å². The Kier molecular flexibility index (Phi) is 12.4. The van der Waals surface area contributed by atoms with Gasteiger partial charge in [-0.15, -0.1) is 0 Å². The largest absolute Gasteiger partial charge is 0.358 e. The minimum Gasteiger partial charge on any atom is -0.317 e. The zero-order chi connectivity index (χ0) is 30.2. The zero-order valence-corrected chi connectivity index (χ0v) is 27.4. The van der Waals surface area contributed by atoms with Crippen molar-refractivity contribution in [2.24, 2.45) is 35.5 Å². The molecule has 0 unspecified atom stereocenters. The second-order valence-electron chi connectivity index (χ2n) is 15.3. The van der Waals surface area contributed by atoms with Crippen molar-refractivity contribution in [2.45, 2.75) is 173 Å². The predicted molar refractivity (Wildman–Crippen MR) is 172 cm³/mol. The highest BCUT2D eigenvalue weighted by molar-refractivity contribution is 5.27. The molecule has 0 heterocycles. The van der Waals surface area contributed by atoms with E-state index in [-0.39, 0.29) is 17.8 Å². The molecule has 0 bridgehead atoms. The highest BCUT2D eigenvalue weighted by Gasteiger charge is 2.46. The number of halogens is 3. The Hall–Kier alpha value is -1.03. The SMILES string of the molecule is CCCCCC1CCC(C2CCC(C3CCC(C(F)(F)OC4CCC(c5ccc(CCC)c(F)c5)CC4)CC3)CC2)CC1. The van der Waals surface area contributed by atoms with E-state index >= 15 is 8.78 Å². The van der Waals surface area contributed by atoms with Crippen LogP contribution < -0.4 is 0 Å². The van der Waals surface area contributed by atoms with Gasteiger partial charge in [0.25, 0.3) is 0 Å². The Bertz CT molecular complexity index is 945. The predicted octanol–water partition coefficient (Wildman–Crippen LogP) is 12.4. The van der Waals surface area contributed by atoms with Gasteiger partial charge in [-0.2, -0.15) is 8.78 Å². The number of unbranched alkanes of at least 4 members (excludes halogenated alkanes) is 2. The van der Waals surface area contributed by atoms with Gasteiger partial charge in [0.05, 0.1) is 12.0 Å². The van der Waals surface area contributed by atoms with Crippen LogP contribution in [0.15, 0.2) is 18.2 Å². The molecule has 0 aromatic heterocycles. The molecule has 1 aromatic carbocycles. The van der Waals surface area contributed by atoms with E-state index in [0.717, 1.165) is 73.3 Å². The van der Waals surface area contributed by atoms with Gasteiger partial charge in [0.1, 0.15) is 5.82 Å². The standard InChI is InChI=1S/C39H61F3O/c1-3-5-6-8-28-9-11-29(12-10-28)30-13-15-31(16-14-30)32-19-23-36(24-20-32)39(41,42)43-37-25-21-33(22-26-37)35-18-17-34(7-4-2)38(40)27-35/h17-18,27-33,36-37H,3-16,19-26H2,1-2H3. The van der Waals surface area contributed by atoms with Crippen LogP contribution in [0.4, 0.5) is 13.2 Å². The summed E-state index contributed by atoms with van der Waals surface area (Å²) in [5.41, 5.74) is 1.79. The Morgan fingerprint density at radius 3 is 1.77 bits per heavy atom. The summed E-state index contributed by atoms with van der Waals surface area (Å²) >= 11 is 0. The van der Waals surface area contributed by atoms with Gasteiger partial charge < -0.3 is 4.74 Å². The number of hydrogen-bond acceptors (Lipinski definition) is 1. The van der Waals surface area contributed by atoms with Crippen LogP contribution in [0.2, 0.25) is 0 Å². The molecule has 0 aliphatic heterocycles. The Labute approximate surface area is 261 Å². The molecule has 4 aliphatic carbocycles. The third-order valence-electron chi connectivity index (χ3n) is 12.6. The Morgan fingerprint density at radius 1 is 0.674 bits per heavy atom. The summed E-state index contributed by atoms with van der Waals surface area (Å²) in [6.45, 7) is 4.36. The lowest BCUT2D eigenvalue weighted by Crippen LogP contribution is -2.39. The molecule has 244 valence electrons. The summed E-state index contributed by atoms with van der Waals surface area (Å²) in [6, 6.07) is 5.63. The first-order chi connectivity index (χ1) is 20.9. The summed E-state index contributed by atoms with van der Waals surface area (Å²) in [5.74, 6) is 3.76. The van der Waals surface area contributed by atoms with Crippen molar-refractivity contribution < 1.29 is 17.9 Å². The van der Waals surface area contributed by atoms with Gasteiger partial charge in [0.15, 0.2) is 0 Å². The number of hydrogen-bond donors (Lipinski definition) is 0. The molecule has 4 aliphatic rings. The smallest absolute Gasteiger partial charge is 0.317 e. The van der Waals surface area contributed by atoms with Crippen LogP contribution in [0.1, 0.15) is 166 Å². The molecule has 1 nitrogen and oxygen atoms in total. The third kappa shape index (κ3) is 9.04. The van der Waals surface area contributed by atoms with E-state index < -0.39 is 12.0 Å². The molecule has 43 heavy (non-hydrogen) atoms. The lowest BCUT2D eigenvalue weighted by atomic mass is 9.65. The number of rotatable bonds is 12. The number of ether oxygens (including phenoxy) is 1. The maximum Gasteiger partial charge on any atom is 0.358 e. The van der Waals surface area contributed by atoms with E-state index in [0.29, 0.717) is 31.6 Å². The van der Waals surface area contributed by atoms with Crippen LogP contribution >= 0.6 is 0 Å². The first kappa shape index (κ1) is 33.3. The minimum atomic E-state index is -3.02. The normalized spacial score (nSPS) is 34.3. The van der Waals surface area contributed by atoms with Gasteiger partial charge in [-0.1, -0.05) is 70.9 Å². The second-order valence-corrected chi connectivity index (χ2v) is 15.3. The quantitative estimate of drug-likeness (QED) is 0.216. The molecule has 0 atom stereocenters. The lowest BCUT2D eigenvalue weighted by Gasteiger charge is -2.42. The van der Waals surface area contributed by atoms with Crippen molar-refractivity contribution in [3.8, 4) is 0 Å². The molecular weight excluding hydrogens is 541 g/mol. The maximum absolute atomic E-state index is 15.4. The highest BCUT2D eigenvalue weighted by Crippen LogP contribution is 2.49. The molecule has 5 rings (SSSR count). The van der Waals surface area contributed by atoms with E-state index in [1.54, 1.807) is 6.07 Å². The van der Waals surface area contributed by atoms with Gasteiger partial charge in [0.2, 0.25) is 0 Å². The highest BCUT2D eigenvalue weighted by atomic mass is 19.3. The van der Waals surface area contributed by atoms with Crippen LogP contribution in [-0.2, 0) is 11.2 Å². The molecule has 4 heteroatoms. The molecule has 0 N–H and O–H groups in total. The third-order valence-corrected chi connectivity index (χ3v) is 12.6. The van der Waals surface area contributed by atoms with Gasteiger partial charge in [0, 0.05) is 0 Å². The first-order valence-electron chi connectivity index (χ1n) is 18.7. The monoisotopic (exact) mass is 602 g/mol. The van der Waals surface area contributed by atoms with Crippen molar-refractivity contribution >= 4 is 0 Å². The summed E-state index contributed by atoms with van der Waals surface area (Å²) in [4.78, 5) is 0. The van der Waals surface area contributed by atoms with Gasteiger partial charge in [-0.3, -0.25) is 0 Å². The van der Waals surface area contributed by atoms with Crippen molar-refractivity contribution in [1.29, 1.82) is 0 Å². The van der Waals surface area contributed by atoms with Crippen molar-refractivity contribution in [1.82, 2.24) is 0 Å². The van der Waals surface area contributed by atoms with Crippen molar-refractivity contribution in [3.63, 3.8) is 0 Å². The maximum atomic E-state index is 15.4. The fourth-order valence-corrected chi connectivity index (χ4v) is 9.77. The van der Waals surface area contributed by atoms with Crippen molar-refractivity contribution in [3.05, 3.63) is 35.1 Å². The Morgan fingerprint density at radius 2 is 1.23 bits per heavy atom. The van der Waals surface area contributed by atoms with E-state index in [1.807, 2.05) is 12.1 Å². The van der Waals surface area contributed by atoms with Crippen LogP contribution in [0, 0.1) is 41.3 Å². The van der Waals surface area contributed by atoms with Crippen molar-refractivity contribution in [2.75, 3.05) is 0 Å². The summed E-state index contributed by atoms with van der Waals surface area (Å²) in [7, 11) is 0. The Balaban J connectivity index is 0.993. The molecule has 0 saturated heterocycles. The average molecular weight is 603 g/mol. The lowest BCUT2D eigenvalue weighted by molar-refractivity contribution is -0.301. The van der Waals surface area contributed by atoms with E-state index in [9.17, 15) is 4.39 Å². The minimum absolute atomic E-state index is 0.122. The first-order valence-corrected chi connectivity index (χ1v) is 18.7. The summed E-state index contributed by atoms with van der Waals surface area (Å²) in [5, 5.41) is 0. The van der Waals surface area contributed by atoms with Gasteiger partial charge in [-0.05, 0) is 149 Å². The molecular formula is C39H61F3O. The second kappa shape index (κ2) is 16.0. The van der Waals surface area contributed by atoms with E-state index in [1.165, 1.54) is 77.0 Å². The fraction of sp³-hybridized carbons (Fsp3) is 0.846. The zero-order valence-electron chi connectivity index (χ0n) is 27.4. The van der Waals surface area contributed by atoms with E-state index in [2.05, 4.69) is 13.8 Å². The topological polar surface area (TPSA) is 9.23 Å². The van der Waals surface area contributed by atoms with Crippen LogP contribution in [0.5, 0.6) is 0 Å². The number of alkyl halides is 2. The van der Waals surface area contributed by atoms with Gasteiger partial charge in [-0.25, -0.2) is 4.39 Å². The molecule has 1 aromatic rings. The van der Waals surface area contributed by atoms with E-state index in [4.69, 9.17) is 4.74 Å². The molecule has 4 fully saturated rings. The summed E-state index contributed by atoms with van der Waals surface area (Å²) < 4.78 is 50.7. The molecule has 0 radical (unpaired) electrons. The average Bonchev–Trinajstić information content (AvgIpc) is 3.03.